The third-order valence-corrected chi connectivity index (χ3v) is 3.10. The van der Waals surface area contributed by atoms with Crippen molar-refractivity contribution in [3.8, 4) is 5.75 Å². The highest BCUT2D eigenvalue weighted by Crippen LogP contribution is 2.29. The van der Waals surface area contributed by atoms with E-state index in [1.807, 2.05) is 38.1 Å². The quantitative estimate of drug-likeness (QED) is 0.847. The molecule has 2 rings (SSSR count). The summed E-state index contributed by atoms with van der Waals surface area (Å²) < 4.78 is 5.66. The van der Waals surface area contributed by atoms with Crippen LogP contribution in [0.3, 0.4) is 0 Å². The SMILES string of the molecule is CCOc1ccccc1N1CCNCC(C)(O)C1. The third kappa shape index (κ3) is 3.15. The minimum Gasteiger partial charge on any atom is -0.492 e. The zero-order valence-corrected chi connectivity index (χ0v) is 11.1. The molecule has 1 aromatic carbocycles. The van der Waals surface area contributed by atoms with Gasteiger partial charge in [-0.15, -0.1) is 0 Å². The van der Waals surface area contributed by atoms with Crippen molar-refractivity contribution in [1.82, 2.24) is 5.32 Å². The molecule has 1 aliphatic rings. The molecule has 0 amide bonds. The molecule has 1 aliphatic heterocycles. The molecule has 0 saturated carbocycles. The Hall–Kier alpha value is -1.26. The van der Waals surface area contributed by atoms with E-state index < -0.39 is 5.60 Å². The molecule has 2 N–H and O–H groups in total. The fourth-order valence-electron chi connectivity index (χ4n) is 2.32. The van der Waals surface area contributed by atoms with E-state index in [0.717, 1.165) is 24.5 Å². The van der Waals surface area contributed by atoms with Gasteiger partial charge in [-0.05, 0) is 26.0 Å². The van der Waals surface area contributed by atoms with Crippen molar-refractivity contribution in [3.63, 3.8) is 0 Å². The molecular weight excluding hydrogens is 228 g/mol. The van der Waals surface area contributed by atoms with E-state index in [4.69, 9.17) is 4.74 Å². The first-order valence-electron chi connectivity index (χ1n) is 6.52. The van der Waals surface area contributed by atoms with Crippen LogP contribution in [0.15, 0.2) is 24.3 Å². The summed E-state index contributed by atoms with van der Waals surface area (Å²) >= 11 is 0. The molecular formula is C14H22N2O2. The van der Waals surface area contributed by atoms with Crippen LogP contribution in [0.25, 0.3) is 0 Å². The molecule has 1 fully saturated rings. The number of anilines is 1. The lowest BCUT2D eigenvalue weighted by atomic mass is 10.1. The number of ether oxygens (including phenoxy) is 1. The Morgan fingerprint density at radius 2 is 2.22 bits per heavy atom. The molecule has 4 nitrogen and oxygen atoms in total. The number of hydrogen-bond acceptors (Lipinski definition) is 4. The maximum absolute atomic E-state index is 10.3. The molecule has 100 valence electrons. The number of para-hydroxylation sites is 2. The largest absolute Gasteiger partial charge is 0.492 e. The van der Waals surface area contributed by atoms with Crippen LogP contribution in [-0.4, -0.2) is 43.5 Å². The number of hydrogen-bond donors (Lipinski definition) is 2. The van der Waals surface area contributed by atoms with E-state index in [1.54, 1.807) is 0 Å². The molecule has 1 saturated heterocycles. The fraction of sp³-hybridized carbons (Fsp3) is 0.571. The van der Waals surface area contributed by atoms with Crippen LogP contribution in [0.2, 0.25) is 0 Å². The van der Waals surface area contributed by atoms with E-state index in [0.29, 0.717) is 19.7 Å². The average molecular weight is 250 g/mol. The Morgan fingerprint density at radius 3 is 3.00 bits per heavy atom. The van der Waals surface area contributed by atoms with Gasteiger partial charge in [-0.25, -0.2) is 0 Å². The van der Waals surface area contributed by atoms with Crippen molar-refractivity contribution in [2.45, 2.75) is 19.4 Å². The smallest absolute Gasteiger partial charge is 0.142 e. The summed E-state index contributed by atoms with van der Waals surface area (Å²) in [4.78, 5) is 2.19. The minimum absolute atomic E-state index is 0.615. The molecule has 18 heavy (non-hydrogen) atoms. The lowest BCUT2D eigenvalue weighted by molar-refractivity contribution is 0.0728. The summed E-state index contributed by atoms with van der Waals surface area (Å²) in [5.74, 6) is 0.887. The molecule has 0 bridgehead atoms. The van der Waals surface area contributed by atoms with Gasteiger partial charge in [-0.2, -0.15) is 0 Å². The van der Waals surface area contributed by atoms with E-state index in [9.17, 15) is 5.11 Å². The predicted octanol–water partition coefficient (Wildman–Crippen LogP) is 1.25. The fourth-order valence-corrected chi connectivity index (χ4v) is 2.32. The van der Waals surface area contributed by atoms with E-state index in [-0.39, 0.29) is 0 Å². The Bertz CT molecular complexity index is 393. The van der Waals surface area contributed by atoms with Crippen LogP contribution >= 0.6 is 0 Å². The van der Waals surface area contributed by atoms with E-state index >= 15 is 0 Å². The topological polar surface area (TPSA) is 44.7 Å². The van der Waals surface area contributed by atoms with Crippen LogP contribution in [-0.2, 0) is 0 Å². The lowest BCUT2D eigenvalue weighted by Gasteiger charge is -2.30. The van der Waals surface area contributed by atoms with Crippen LogP contribution in [0.4, 0.5) is 5.69 Å². The highest BCUT2D eigenvalue weighted by molar-refractivity contribution is 5.58. The van der Waals surface area contributed by atoms with Crippen molar-refractivity contribution in [2.75, 3.05) is 37.7 Å². The first-order chi connectivity index (χ1) is 8.62. The summed E-state index contributed by atoms with van der Waals surface area (Å²) in [5.41, 5.74) is 0.346. The molecule has 0 radical (unpaired) electrons. The molecule has 1 atom stereocenters. The van der Waals surface area contributed by atoms with Gasteiger partial charge in [0, 0.05) is 26.2 Å². The number of nitrogens with one attached hydrogen (secondary N) is 1. The average Bonchev–Trinajstić information content (AvgIpc) is 2.51. The van der Waals surface area contributed by atoms with Gasteiger partial charge < -0.3 is 20.1 Å². The molecule has 0 spiro atoms. The summed E-state index contributed by atoms with van der Waals surface area (Å²) in [7, 11) is 0. The maximum atomic E-state index is 10.3. The van der Waals surface area contributed by atoms with E-state index in [1.165, 1.54) is 0 Å². The molecule has 1 aromatic rings. The molecule has 1 heterocycles. The number of aliphatic hydroxyl groups is 1. The number of rotatable bonds is 3. The maximum Gasteiger partial charge on any atom is 0.142 e. The zero-order chi connectivity index (χ0) is 13.0. The van der Waals surface area contributed by atoms with Gasteiger partial charge in [0.1, 0.15) is 5.75 Å². The van der Waals surface area contributed by atoms with Crippen molar-refractivity contribution in [1.29, 1.82) is 0 Å². The Balaban J connectivity index is 2.23. The van der Waals surface area contributed by atoms with Crippen molar-refractivity contribution in [2.24, 2.45) is 0 Å². The predicted molar refractivity (Wildman–Crippen MR) is 73.3 cm³/mol. The summed E-state index contributed by atoms with van der Waals surface area (Å²) in [5, 5.41) is 13.5. The summed E-state index contributed by atoms with van der Waals surface area (Å²) in [6.45, 7) is 7.49. The molecule has 4 heteroatoms. The van der Waals surface area contributed by atoms with Crippen LogP contribution in [0.1, 0.15) is 13.8 Å². The number of β-amino-alcohol motifs (C(OH)–C–C–N with tert-alkyl or cyclic N) is 1. The van der Waals surface area contributed by atoms with Crippen LogP contribution < -0.4 is 15.0 Å². The molecule has 0 aliphatic carbocycles. The summed E-state index contributed by atoms with van der Waals surface area (Å²) in [6, 6.07) is 8.01. The van der Waals surface area contributed by atoms with Crippen LogP contribution in [0, 0.1) is 0 Å². The zero-order valence-electron chi connectivity index (χ0n) is 11.1. The Kier molecular flexibility index (Phi) is 4.09. The highest BCUT2D eigenvalue weighted by Gasteiger charge is 2.27. The molecule has 0 aromatic heterocycles. The standard InChI is InChI=1S/C14H22N2O2/c1-3-18-13-7-5-4-6-12(13)16-9-8-15-10-14(2,17)11-16/h4-7,15,17H,3,8-11H2,1-2H3. The van der Waals surface area contributed by atoms with Gasteiger partial charge in [0.2, 0.25) is 0 Å². The van der Waals surface area contributed by atoms with Gasteiger partial charge in [-0.3, -0.25) is 0 Å². The van der Waals surface area contributed by atoms with E-state index in [2.05, 4.69) is 10.2 Å². The first kappa shape index (κ1) is 13.2. The Morgan fingerprint density at radius 1 is 1.44 bits per heavy atom. The highest BCUT2D eigenvalue weighted by atomic mass is 16.5. The monoisotopic (exact) mass is 250 g/mol. The molecule has 1 unspecified atom stereocenters. The van der Waals surface area contributed by atoms with Gasteiger partial charge in [0.05, 0.1) is 17.9 Å². The second-order valence-electron chi connectivity index (χ2n) is 5.00. The second-order valence-corrected chi connectivity index (χ2v) is 5.00. The van der Waals surface area contributed by atoms with Gasteiger partial charge in [0.15, 0.2) is 0 Å². The van der Waals surface area contributed by atoms with Crippen molar-refractivity contribution in [3.05, 3.63) is 24.3 Å². The lowest BCUT2D eigenvalue weighted by Crippen LogP contribution is -2.43. The van der Waals surface area contributed by atoms with Crippen molar-refractivity contribution >= 4 is 5.69 Å². The summed E-state index contributed by atoms with van der Waals surface area (Å²) in [6.07, 6.45) is 0. The van der Waals surface area contributed by atoms with Crippen molar-refractivity contribution < 1.29 is 9.84 Å². The van der Waals surface area contributed by atoms with Crippen LogP contribution in [0.5, 0.6) is 5.75 Å². The first-order valence-corrected chi connectivity index (χ1v) is 6.52. The minimum atomic E-state index is -0.712. The second kappa shape index (κ2) is 5.59. The number of benzene rings is 1. The Labute approximate surface area is 109 Å². The normalized spacial score (nSPS) is 24.7. The third-order valence-electron chi connectivity index (χ3n) is 3.10. The van der Waals surface area contributed by atoms with Gasteiger partial charge in [0.25, 0.3) is 0 Å². The van der Waals surface area contributed by atoms with Gasteiger partial charge in [-0.1, -0.05) is 12.1 Å². The van der Waals surface area contributed by atoms with Gasteiger partial charge >= 0.3 is 0 Å². The number of nitrogens with zero attached hydrogens (tertiary/aromatic N) is 1.